The molecule has 0 aromatic heterocycles. The van der Waals surface area contributed by atoms with Gasteiger partial charge < -0.3 is 17.2 Å². The lowest BCUT2D eigenvalue weighted by Crippen LogP contribution is -2.46. The average Bonchev–Trinajstić information content (AvgIpc) is 2.10. The summed E-state index contributed by atoms with van der Waals surface area (Å²) in [6.45, 7) is 2.69. The fraction of sp³-hybridized carbons (Fsp3) is 1.00. The maximum atomic E-state index is 5.80. The van der Waals surface area contributed by atoms with Crippen LogP contribution in [0.15, 0.2) is 0 Å². The van der Waals surface area contributed by atoms with Gasteiger partial charge >= 0.3 is 0 Å². The molecular weight excluding hydrogens is 150 g/mol. The zero-order valence-corrected chi connectivity index (χ0v) is 8.13. The van der Waals surface area contributed by atoms with Gasteiger partial charge in [-0.05, 0) is 6.42 Å². The van der Waals surface area contributed by atoms with Crippen molar-refractivity contribution in [2.75, 3.05) is 6.54 Å². The fourth-order valence-electron chi connectivity index (χ4n) is 1.20. The second kappa shape index (κ2) is 7.53. The summed E-state index contributed by atoms with van der Waals surface area (Å²) in [5.74, 6) is 0. The van der Waals surface area contributed by atoms with Crippen molar-refractivity contribution in [3.8, 4) is 0 Å². The molecular formula is C9H23N3. The molecule has 0 aliphatic rings. The minimum Gasteiger partial charge on any atom is -0.329 e. The minimum atomic E-state index is -0.0216. The van der Waals surface area contributed by atoms with E-state index in [0.717, 1.165) is 6.42 Å². The van der Waals surface area contributed by atoms with Gasteiger partial charge in [0.2, 0.25) is 0 Å². The van der Waals surface area contributed by atoms with Gasteiger partial charge in [-0.1, -0.05) is 32.6 Å². The molecule has 0 aliphatic carbocycles. The third-order valence-electron chi connectivity index (χ3n) is 2.21. The maximum absolute atomic E-state index is 5.80. The molecule has 0 fully saturated rings. The van der Waals surface area contributed by atoms with E-state index in [1.807, 2.05) is 0 Å². The standard InChI is InChI=1S/C9H23N3/c1-2-3-4-5-6-8(11)9(12)7-10/h8-9H,2-7,10-12H2,1H3. The lowest BCUT2D eigenvalue weighted by molar-refractivity contribution is 0.473. The zero-order chi connectivity index (χ0) is 9.40. The molecule has 0 radical (unpaired) electrons. The Morgan fingerprint density at radius 1 is 1.00 bits per heavy atom. The van der Waals surface area contributed by atoms with Gasteiger partial charge in [-0.2, -0.15) is 0 Å². The van der Waals surface area contributed by atoms with Gasteiger partial charge in [0.05, 0.1) is 0 Å². The van der Waals surface area contributed by atoms with Gasteiger partial charge in [0, 0.05) is 18.6 Å². The molecule has 12 heavy (non-hydrogen) atoms. The van der Waals surface area contributed by atoms with E-state index in [9.17, 15) is 0 Å². The predicted molar refractivity (Wildman–Crippen MR) is 53.8 cm³/mol. The summed E-state index contributed by atoms with van der Waals surface area (Å²) < 4.78 is 0. The lowest BCUT2D eigenvalue weighted by Gasteiger charge is -2.17. The predicted octanol–water partition coefficient (Wildman–Crippen LogP) is 0.570. The van der Waals surface area contributed by atoms with Gasteiger partial charge in [-0.15, -0.1) is 0 Å². The summed E-state index contributed by atoms with van der Waals surface area (Å²) in [6, 6.07) is 0.0680. The van der Waals surface area contributed by atoms with Crippen molar-refractivity contribution in [1.29, 1.82) is 0 Å². The molecule has 3 nitrogen and oxygen atoms in total. The smallest absolute Gasteiger partial charge is 0.0317 e. The van der Waals surface area contributed by atoms with Crippen LogP contribution in [0.3, 0.4) is 0 Å². The summed E-state index contributed by atoms with van der Waals surface area (Å²) in [5.41, 5.74) is 16.9. The Bertz CT molecular complexity index is 95.8. The molecule has 0 aromatic carbocycles. The quantitative estimate of drug-likeness (QED) is 0.492. The highest BCUT2D eigenvalue weighted by Crippen LogP contribution is 2.05. The highest BCUT2D eigenvalue weighted by Gasteiger charge is 2.09. The van der Waals surface area contributed by atoms with Crippen molar-refractivity contribution in [3.63, 3.8) is 0 Å². The van der Waals surface area contributed by atoms with Crippen LogP contribution in [-0.4, -0.2) is 18.6 Å². The number of hydrogen-bond acceptors (Lipinski definition) is 3. The van der Waals surface area contributed by atoms with Gasteiger partial charge in [0.25, 0.3) is 0 Å². The first kappa shape index (κ1) is 11.9. The van der Waals surface area contributed by atoms with Gasteiger partial charge in [-0.25, -0.2) is 0 Å². The molecule has 2 unspecified atom stereocenters. The van der Waals surface area contributed by atoms with E-state index in [2.05, 4.69) is 6.92 Å². The molecule has 2 atom stereocenters. The Balaban J connectivity index is 3.24. The summed E-state index contributed by atoms with van der Waals surface area (Å²) in [6.07, 6.45) is 6.02. The largest absolute Gasteiger partial charge is 0.329 e. The van der Waals surface area contributed by atoms with Crippen molar-refractivity contribution >= 4 is 0 Å². The van der Waals surface area contributed by atoms with Crippen molar-refractivity contribution in [2.24, 2.45) is 17.2 Å². The highest BCUT2D eigenvalue weighted by atomic mass is 14.8. The molecule has 0 spiro atoms. The topological polar surface area (TPSA) is 78.1 Å². The van der Waals surface area contributed by atoms with E-state index >= 15 is 0 Å². The van der Waals surface area contributed by atoms with Crippen molar-refractivity contribution in [3.05, 3.63) is 0 Å². The summed E-state index contributed by atoms with van der Waals surface area (Å²) >= 11 is 0. The SMILES string of the molecule is CCCCCCC(N)C(N)CN. The molecule has 6 N–H and O–H groups in total. The van der Waals surface area contributed by atoms with E-state index in [4.69, 9.17) is 17.2 Å². The van der Waals surface area contributed by atoms with Crippen molar-refractivity contribution in [2.45, 2.75) is 51.1 Å². The number of hydrogen-bond donors (Lipinski definition) is 3. The summed E-state index contributed by atoms with van der Waals surface area (Å²) in [5, 5.41) is 0. The molecule has 0 heterocycles. The van der Waals surface area contributed by atoms with Crippen LogP contribution in [0.1, 0.15) is 39.0 Å². The summed E-state index contributed by atoms with van der Waals surface area (Å²) in [4.78, 5) is 0. The van der Waals surface area contributed by atoms with Crippen LogP contribution in [0.2, 0.25) is 0 Å². The molecule has 0 saturated carbocycles. The first-order valence-corrected chi connectivity index (χ1v) is 4.93. The second-order valence-electron chi connectivity index (χ2n) is 3.41. The average molecular weight is 173 g/mol. The number of nitrogens with two attached hydrogens (primary N) is 3. The second-order valence-corrected chi connectivity index (χ2v) is 3.41. The maximum Gasteiger partial charge on any atom is 0.0317 e. The van der Waals surface area contributed by atoms with Crippen molar-refractivity contribution in [1.82, 2.24) is 0 Å². The van der Waals surface area contributed by atoms with Gasteiger partial charge in [-0.3, -0.25) is 0 Å². The van der Waals surface area contributed by atoms with E-state index in [-0.39, 0.29) is 12.1 Å². The Hall–Kier alpha value is -0.120. The molecule has 0 amide bonds. The number of rotatable bonds is 7. The highest BCUT2D eigenvalue weighted by molar-refractivity contribution is 4.76. The first-order chi connectivity index (χ1) is 5.72. The molecule has 0 rings (SSSR count). The number of unbranched alkanes of at least 4 members (excludes halogenated alkanes) is 3. The third-order valence-corrected chi connectivity index (χ3v) is 2.21. The molecule has 0 aromatic rings. The van der Waals surface area contributed by atoms with E-state index in [0.29, 0.717) is 6.54 Å². The Labute approximate surface area is 75.7 Å². The Morgan fingerprint density at radius 2 is 1.67 bits per heavy atom. The lowest BCUT2D eigenvalue weighted by atomic mass is 10.0. The molecule has 0 aliphatic heterocycles. The van der Waals surface area contributed by atoms with E-state index in [1.54, 1.807) is 0 Å². The van der Waals surface area contributed by atoms with Crippen molar-refractivity contribution < 1.29 is 0 Å². The molecule has 3 heteroatoms. The molecule has 0 bridgehead atoms. The van der Waals surface area contributed by atoms with Crippen LogP contribution in [0.25, 0.3) is 0 Å². The van der Waals surface area contributed by atoms with Gasteiger partial charge in [0.15, 0.2) is 0 Å². The van der Waals surface area contributed by atoms with Crippen LogP contribution in [0.4, 0.5) is 0 Å². The minimum absolute atomic E-state index is 0.0216. The van der Waals surface area contributed by atoms with E-state index < -0.39 is 0 Å². The molecule has 74 valence electrons. The van der Waals surface area contributed by atoms with Crippen LogP contribution in [-0.2, 0) is 0 Å². The van der Waals surface area contributed by atoms with Crippen LogP contribution in [0.5, 0.6) is 0 Å². The van der Waals surface area contributed by atoms with Gasteiger partial charge in [0.1, 0.15) is 0 Å². The Morgan fingerprint density at radius 3 is 2.17 bits per heavy atom. The van der Waals surface area contributed by atoms with Crippen LogP contribution in [0, 0.1) is 0 Å². The fourth-order valence-corrected chi connectivity index (χ4v) is 1.20. The van der Waals surface area contributed by atoms with E-state index in [1.165, 1.54) is 25.7 Å². The van der Waals surface area contributed by atoms with Crippen LogP contribution >= 0.6 is 0 Å². The third kappa shape index (κ3) is 5.52. The Kier molecular flexibility index (Phi) is 7.45. The van der Waals surface area contributed by atoms with Crippen LogP contribution < -0.4 is 17.2 Å². The first-order valence-electron chi connectivity index (χ1n) is 4.93. The summed E-state index contributed by atoms with van der Waals surface area (Å²) in [7, 11) is 0. The normalized spacial score (nSPS) is 16.0. The molecule has 0 saturated heterocycles. The zero-order valence-electron chi connectivity index (χ0n) is 8.13. The monoisotopic (exact) mass is 173 g/mol.